The monoisotopic (exact) mass is 290 g/mol. The number of halogens is 1. The lowest BCUT2D eigenvalue weighted by Gasteiger charge is -2.07. The number of carboxylic acid groups (broad SMARTS) is 1. The normalized spacial score (nSPS) is 9.95. The number of hydrogen-bond acceptors (Lipinski definition) is 4. The highest BCUT2D eigenvalue weighted by Gasteiger charge is 2.09. The number of anilines is 1. The molecule has 2 aromatic rings. The van der Waals surface area contributed by atoms with Crippen molar-refractivity contribution in [1.29, 1.82) is 0 Å². The minimum Gasteiger partial charge on any atom is -0.481 e. The van der Waals surface area contributed by atoms with Gasteiger partial charge in [-0.25, -0.2) is 14.2 Å². The van der Waals surface area contributed by atoms with Gasteiger partial charge in [-0.05, 0) is 24.3 Å². The van der Waals surface area contributed by atoms with Crippen molar-refractivity contribution in [2.45, 2.75) is 0 Å². The number of ether oxygens (including phenoxy) is 1. The molecule has 0 atom stereocenters. The van der Waals surface area contributed by atoms with E-state index in [9.17, 15) is 14.0 Å². The van der Waals surface area contributed by atoms with Crippen molar-refractivity contribution in [3.8, 4) is 5.75 Å². The van der Waals surface area contributed by atoms with Gasteiger partial charge in [-0.15, -0.1) is 0 Å². The summed E-state index contributed by atoms with van der Waals surface area (Å²) in [6, 6.07) is 8.20. The molecule has 1 amide bonds. The van der Waals surface area contributed by atoms with Gasteiger partial charge in [0.15, 0.2) is 18.2 Å². The first-order valence-electron chi connectivity index (χ1n) is 5.93. The van der Waals surface area contributed by atoms with E-state index in [1.54, 1.807) is 6.07 Å². The van der Waals surface area contributed by atoms with Crippen molar-refractivity contribution in [3.05, 3.63) is 54.0 Å². The minimum absolute atomic E-state index is 0.00433. The molecule has 1 aromatic carbocycles. The largest absolute Gasteiger partial charge is 0.481 e. The summed E-state index contributed by atoms with van der Waals surface area (Å²) < 4.78 is 18.3. The third-order valence-corrected chi connectivity index (χ3v) is 2.47. The highest BCUT2D eigenvalue weighted by Crippen LogP contribution is 2.15. The van der Waals surface area contributed by atoms with Crippen LogP contribution < -0.4 is 10.1 Å². The summed E-state index contributed by atoms with van der Waals surface area (Å²) in [6.45, 7) is -0.417. The Balaban J connectivity index is 1.95. The van der Waals surface area contributed by atoms with Gasteiger partial charge in [0, 0.05) is 6.20 Å². The molecular formula is C14H11FN2O4. The second-order valence-corrected chi connectivity index (χ2v) is 4.00. The number of para-hydroxylation sites is 1. The zero-order valence-electron chi connectivity index (χ0n) is 10.7. The average molecular weight is 290 g/mol. The first-order valence-corrected chi connectivity index (χ1v) is 5.93. The number of nitrogens with zero attached hydrogens (tertiary/aromatic N) is 1. The number of pyridine rings is 1. The van der Waals surface area contributed by atoms with E-state index >= 15 is 0 Å². The Labute approximate surface area is 119 Å². The minimum atomic E-state index is -1.13. The van der Waals surface area contributed by atoms with Crippen LogP contribution in [0, 0.1) is 5.82 Å². The Hall–Kier alpha value is -2.96. The van der Waals surface area contributed by atoms with Crippen LogP contribution in [-0.2, 0) is 4.79 Å². The van der Waals surface area contributed by atoms with Crippen LogP contribution in [0.1, 0.15) is 10.4 Å². The van der Waals surface area contributed by atoms with Gasteiger partial charge in [0.25, 0.3) is 5.91 Å². The highest BCUT2D eigenvalue weighted by molar-refractivity contribution is 5.93. The lowest BCUT2D eigenvalue weighted by Crippen LogP contribution is -2.21. The van der Waals surface area contributed by atoms with Crippen molar-refractivity contribution in [1.82, 2.24) is 4.98 Å². The van der Waals surface area contributed by atoms with E-state index < -0.39 is 24.3 Å². The number of hydrogen-bond donors (Lipinski definition) is 2. The van der Waals surface area contributed by atoms with Gasteiger partial charge < -0.3 is 15.2 Å². The maximum atomic E-state index is 13.3. The number of aromatic carboxylic acids is 1. The fourth-order valence-corrected chi connectivity index (χ4v) is 1.52. The van der Waals surface area contributed by atoms with Crippen molar-refractivity contribution < 1.29 is 23.8 Å². The van der Waals surface area contributed by atoms with Crippen LogP contribution in [0.25, 0.3) is 0 Å². The highest BCUT2D eigenvalue weighted by atomic mass is 19.1. The Kier molecular flexibility index (Phi) is 4.45. The van der Waals surface area contributed by atoms with Crippen molar-refractivity contribution in [2.24, 2.45) is 0 Å². The van der Waals surface area contributed by atoms with Gasteiger partial charge in [0.2, 0.25) is 0 Å². The number of rotatable bonds is 5. The van der Waals surface area contributed by atoms with Gasteiger partial charge >= 0.3 is 5.97 Å². The third kappa shape index (κ3) is 4.00. The van der Waals surface area contributed by atoms with Crippen molar-refractivity contribution in [3.63, 3.8) is 0 Å². The van der Waals surface area contributed by atoms with Crippen LogP contribution in [0.4, 0.5) is 10.2 Å². The predicted molar refractivity (Wildman–Crippen MR) is 71.7 cm³/mol. The van der Waals surface area contributed by atoms with Crippen molar-refractivity contribution >= 4 is 17.7 Å². The van der Waals surface area contributed by atoms with Crippen LogP contribution in [-0.4, -0.2) is 28.6 Å². The lowest BCUT2D eigenvalue weighted by molar-refractivity contribution is -0.118. The standard InChI is InChI=1S/C14H11FN2O4/c15-10-3-1-2-4-11(10)21-8-13(18)17-12-7-9(14(19)20)5-6-16-12/h1-7H,8H2,(H,19,20)(H,16,17,18). The maximum absolute atomic E-state index is 13.3. The molecule has 7 heteroatoms. The molecule has 0 fully saturated rings. The Bertz CT molecular complexity index is 676. The number of carbonyl (C=O) groups excluding carboxylic acids is 1. The molecule has 2 rings (SSSR count). The number of aromatic nitrogens is 1. The molecule has 0 aliphatic rings. The summed E-state index contributed by atoms with van der Waals surface area (Å²) in [7, 11) is 0. The number of carboxylic acids is 1. The smallest absolute Gasteiger partial charge is 0.335 e. The molecule has 0 saturated carbocycles. The molecule has 21 heavy (non-hydrogen) atoms. The molecular weight excluding hydrogens is 279 g/mol. The molecule has 1 aromatic heterocycles. The first kappa shape index (κ1) is 14.4. The SMILES string of the molecule is O=C(COc1ccccc1F)Nc1cc(C(=O)O)ccn1. The molecule has 1 heterocycles. The van der Waals surface area contributed by atoms with Crippen LogP contribution in [0.3, 0.4) is 0 Å². The van der Waals surface area contributed by atoms with Crippen LogP contribution in [0.15, 0.2) is 42.6 Å². The molecule has 0 aliphatic carbocycles. The van der Waals surface area contributed by atoms with Crippen LogP contribution in [0.5, 0.6) is 5.75 Å². The fourth-order valence-electron chi connectivity index (χ4n) is 1.52. The van der Waals surface area contributed by atoms with Gasteiger partial charge in [0.1, 0.15) is 5.82 Å². The van der Waals surface area contributed by atoms with E-state index in [1.165, 1.54) is 36.5 Å². The van der Waals surface area contributed by atoms with Gasteiger partial charge in [0.05, 0.1) is 5.56 Å². The summed E-state index contributed by atoms with van der Waals surface area (Å²) in [4.78, 5) is 26.2. The Morgan fingerprint density at radius 1 is 1.29 bits per heavy atom. The number of benzene rings is 1. The van der Waals surface area contributed by atoms with E-state index in [-0.39, 0.29) is 17.1 Å². The summed E-state index contributed by atoms with van der Waals surface area (Å²) in [5.74, 6) is -2.24. The second-order valence-electron chi connectivity index (χ2n) is 4.00. The number of carbonyl (C=O) groups is 2. The summed E-state index contributed by atoms with van der Waals surface area (Å²) in [5.41, 5.74) is -0.00433. The van der Waals surface area contributed by atoms with E-state index in [2.05, 4.69) is 10.3 Å². The fraction of sp³-hybridized carbons (Fsp3) is 0.0714. The van der Waals surface area contributed by atoms with E-state index in [4.69, 9.17) is 9.84 Å². The average Bonchev–Trinajstić information content (AvgIpc) is 2.46. The second kappa shape index (κ2) is 6.47. The summed E-state index contributed by atoms with van der Waals surface area (Å²) in [5, 5.41) is 11.2. The lowest BCUT2D eigenvalue weighted by atomic mass is 10.2. The number of amides is 1. The summed E-state index contributed by atoms with van der Waals surface area (Å²) in [6.07, 6.45) is 1.26. The molecule has 108 valence electrons. The summed E-state index contributed by atoms with van der Waals surface area (Å²) >= 11 is 0. The van der Waals surface area contributed by atoms with Crippen molar-refractivity contribution in [2.75, 3.05) is 11.9 Å². The van der Waals surface area contributed by atoms with Crippen LogP contribution in [0.2, 0.25) is 0 Å². The van der Waals surface area contributed by atoms with Crippen LogP contribution >= 0.6 is 0 Å². The Morgan fingerprint density at radius 2 is 2.05 bits per heavy atom. The van der Waals surface area contributed by atoms with E-state index in [0.717, 1.165) is 0 Å². The molecule has 0 unspecified atom stereocenters. The molecule has 2 N–H and O–H groups in total. The van der Waals surface area contributed by atoms with Gasteiger partial charge in [-0.2, -0.15) is 0 Å². The Morgan fingerprint density at radius 3 is 2.76 bits per heavy atom. The molecule has 0 bridgehead atoms. The van der Waals surface area contributed by atoms with E-state index in [1.807, 2.05) is 0 Å². The molecule has 0 spiro atoms. The molecule has 0 radical (unpaired) electrons. The van der Waals surface area contributed by atoms with Gasteiger partial charge in [-0.1, -0.05) is 12.1 Å². The molecule has 0 saturated heterocycles. The number of nitrogens with one attached hydrogen (secondary N) is 1. The zero-order valence-corrected chi connectivity index (χ0v) is 10.7. The first-order chi connectivity index (χ1) is 10.1. The quantitative estimate of drug-likeness (QED) is 0.878. The maximum Gasteiger partial charge on any atom is 0.335 e. The van der Waals surface area contributed by atoms with Gasteiger partial charge in [-0.3, -0.25) is 4.79 Å². The predicted octanol–water partition coefficient (Wildman–Crippen LogP) is 1.94. The zero-order chi connectivity index (χ0) is 15.2. The third-order valence-electron chi connectivity index (χ3n) is 2.47. The van der Waals surface area contributed by atoms with E-state index in [0.29, 0.717) is 0 Å². The molecule has 6 nitrogen and oxygen atoms in total. The molecule has 0 aliphatic heterocycles. The topological polar surface area (TPSA) is 88.5 Å².